The van der Waals surface area contributed by atoms with Crippen LogP contribution in [0.2, 0.25) is 0 Å². The average molecular weight is 405 g/mol. The van der Waals surface area contributed by atoms with Crippen molar-refractivity contribution >= 4 is 11.5 Å². The van der Waals surface area contributed by atoms with Crippen molar-refractivity contribution in [2.45, 2.75) is 25.4 Å². The second kappa shape index (κ2) is 7.29. The third kappa shape index (κ3) is 3.30. The molecule has 2 heterocycles. The molecular formula is C22H20FN5O2. The fourth-order valence-electron chi connectivity index (χ4n) is 3.54. The molecule has 8 heteroatoms. The lowest BCUT2D eigenvalue weighted by Crippen LogP contribution is -2.26. The highest BCUT2D eigenvalue weighted by atomic mass is 19.1. The van der Waals surface area contributed by atoms with Crippen LogP contribution >= 0.6 is 0 Å². The van der Waals surface area contributed by atoms with E-state index >= 15 is 0 Å². The molecule has 0 radical (unpaired) electrons. The first-order chi connectivity index (χ1) is 14.6. The maximum atomic E-state index is 14.3. The van der Waals surface area contributed by atoms with Gasteiger partial charge in [-0.05, 0) is 54.8 Å². The van der Waals surface area contributed by atoms with Crippen molar-refractivity contribution < 1.29 is 14.2 Å². The fraction of sp³-hybridized carbons (Fsp3) is 0.227. The molecule has 1 aliphatic carbocycles. The molecule has 1 N–H and O–H groups in total. The Labute approximate surface area is 172 Å². The zero-order chi connectivity index (χ0) is 20.7. The number of methoxy groups -OCH3 is 1. The zero-order valence-corrected chi connectivity index (χ0v) is 16.4. The summed E-state index contributed by atoms with van der Waals surface area (Å²) in [6.07, 6.45) is 2.16. The number of benzene rings is 2. The molecule has 5 rings (SSSR count). The van der Waals surface area contributed by atoms with Gasteiger partial charge in [0.15, 0.2) is 23.0 Å². The summed E-state index contributed by atoms with van der Waals surface area (Å²) in [5.41, 5.74) is 1.91. The van der Waals surface area contributed by atoms with Gasteiger partial charge >= 0.3 is 0 Å². The number of aromatic nitrogens is 4. The molecule has 0 amide bonds. The number of phenols is 1. The van der Waals surface area contributed by atoms with Gasteiger partial charge in [0.05, 0.1) is 12.7 Å². The first-order valence-corrected chi connectivity index (χ1v) is 9.74. The molecule has 30 heavy (non-hydrogen) atoms. The number of aromatic hydroxyl groups is 1. The minimum Gasteiger partial charge on any atom is -0.504 e. The molecule has 1 aliphatic rings. The maximum Gasteiger partial charge on any atom is 0.188 e. The minimum atomic E-state index is -0.366. The largest absolute Gasteiger partial charge is 0.504 e. The van der Waals surface area contributed by atoms with E-state index in [1.807, 2.05) is 24.3 Å². The van der Waals surface area contributed by atoms with Gasteiger partial charge in [0.1, 0.15) is 11.6 Å². The van der Waals surface area contributed by atoms with Crippen molar-refractivity contribution in [2.75, 3.05) is 12.0 Å². The van der Waals surface area contributed by atoms with Crippen molar-refractivity contribution in [2.24, 2.45) is 0 Å². The van der Waals surface area contributed by atoms with Gasteiger partial charge in [-0.3, -0.25) is 0 Å². The van der Waals surface area contributed by atoms with E-state index < -0.39 is 0 Å². The molecule has 152 valence electrons. The Bertz CT molecular complexity index is 1220. The topological polar surface area (TPSA) is 75.8 Å². The highest BCUT2D eigenvalue weighted by Gasteiger charge is 2.31. The Morgan fingerprint density at radius 1 is 1.13 bits per heavy atom. The highest BCUT2D eigenvalue weighted by Crippen LogP contribution is 2.34. The molecule has 0 bridgehead atoms. The standard InChI is InChI=1S/C22H20FN5O2/c1-30-19-12-14(6-9-18(19)29)13-27(15-7-8-15)21-11-10-20-24-25-22(28(20)26-21)16-4-2-3-5-17(16)23/h2-6,9-12,15,29H,7-8,13H2,1H3. The third-order valence-electron chi connectivity index (χ3n) is 5.24. The second-order valence-electron chi connectivity index (χ2n) is 7.33. The van der Waals surface area contributed by atoms with Crippen molar-refractivity contribution in [3.05, 3.63) is 66.0 Å². The first kappa shape index (κ1) is 18.4. The smallest absolute Gasteiger partial charge is 0.188 e. The van der Waals surface area contributed by atoms with Crippen LogP contribution in [0.1, 0.15) is 18.4 Å². The van der Waals surface area contributed by atoms with Crippen LogP contribution in [-0.2, 0) is 6.54 Å². The summed E-state index contributed by atoms with van der Waals surface area (Å²) in [6, 6.07) is 15.9. The zero-order valence-electron chi connectivity index (χ0n) is 16.4. The Hall–Kier alpha value is -3.68. The highest BCUT2D eigenvalue weighted by molar-refractivity contribution is 5.60. The molecule has 1 fully saturated rings. The van der Waals surface area contributed by atoms with Crippen LogP contribution in [0.4, 0.5) is 10.2 Å². The summed E-state index contributed by atoms with van der Waals surface area (Å²) in [6.45, 7) is 0.608. The third-order valence-corrected chi connectivity index (χ3v) is 5.24. The Morgan fingerprint density at radius 2 is 1.97 bits per heavy atom. The SMILES string of the molecule is COc1cc(CN(c2ccc3nnc(-c4ccccc4F)n3n2)C2CC2)ccc1O. The van der Waals surface area contributed by atoms with E-state index in [0.29, 0.717) is 35.4 Å². The Kier molecular flexibility index (Phi) is 4.46. The quantitative estimate of drug-likeness (QED) is 0.526. The van der Waals surface area contributed by atoms with Gasteiger partial charge in [-0.15, -0.1) is 15.3 Å². The summed E-state index contributed by atoms with van der Waals surface area (Å²) in [4.78, 5) is 2.20. The van der Waals surface area contributed by atoms with Gasteiger partial charge in [-0.1, -0.05) is 18.2 Å². The minimum absolute atomic E-state index is 0.109. The lowest BCUT2D eigenvalue weighted by atomic mass is 10.2. The van der Waals surface area contributed by atoms with Crippen LogP contribution in [0.3, 0.4) is 0 Å². The molecule has 2 aromatic carbocycles. The number of phenolic OH excluding ortho intramolecular Hbond substituents is 1. The lowest BCUT2D eigenvalue weighted by molar-refractivity contribution is 0.373. The summed E-state index contributed by atoms with van der Waals surface area (Å²) < 4.78 is 21.1. The number of hydrogen-bond donors (Lipinski definition) is 1. The molecular weight excluding hydrogens is 385 g/mol. The van der Waals surface area contributed by atoms with Crippen molar-refractivity contribution in [3.8, 4) is 22.9 Å². The van der Waals surface area contributed by atoms with Crippen LogP contribution in [0.15, 0.2) is 54.6 Å². The van der Waals surface area contributed by atoms with Crippen molar-refractivity contribution in [3.63, 3.8) is 0 Å². The van der Waals surface area contributed by atoms with Gasteiger partial charge in [-0.2, -0.15) is 4.52 Å². The predicted octanol–water partition coefficient (Wildman–Crippen LogP) is 3.81. The summed E-state index contributed by atoms with van der Waals surface area (Å²) in [5, 5.41) is 22.9. The summed E-state index contributed by atoms with van der Waals surface area (Å²) >= 11 is 0. The summed E-state index contributed by atoms with van der Waals surface area (Å²) in [7, 11) is 1.53. The molecule has 0 spiro atoms. The van der Waals surface area contributed by atoms with Crippen LogP contribution in [0, 0.1) is 5.82 Å². The molecule has 1 saturated carbocycles. The molecule has 0 unspecified atom stereocenters. The molecule has 4 aromatic rings. The van der Waals surface area contributed by atoms with E-state index in [1.54, 1.807) is 28.8 Å². The molecule has 0 saturated heterocycles. The number of fused-ring (bicyclic) bond motifs is 1. The summed E-state index contributed by atoms with van der Waals surface area (Å²) in [5.74, 6) is 1.31. The van der Waals surface area contributed by atoms with Gasteiger partial charge in [0.2, 0.25) is 0 Å². The van der Waals surface area contributed by atoms with Gasteiger partial charge in [-0.25, -0.2) is 4.39 Å². The van der Waals surface area contributed by atoms with Crippen LogP contribution in [-0.4, -0.2) is 38.1 Å². The van der Waals surface area contributed by atoms with Crippen LogP contribution in [0.25, 0.3) is 17.0 Å². The monoisotopic (exact) mass is 405 g/mol. The van der Waals surface area contributed by atoms with Gasteiger partial charge < -0.3 is 14.7 Å². The number of rotatable bonds is 6. The molecule has 2 aromatic heterocycles. The van der Waals surface area contributed by atoms with Crippen LogP contribution < -0.4 is 9.64 Å². The van der Waals surface area contributed by atoms with Gasteiger partial charge in [0, 0.05) is 12.6 Å². The van der Waals surface area contributed by atoms with E-state index in [2.05, 4.69) is 15.1 Å². The first-order valence-electron chi connectivity index (χ1n) is 9.74. The number of nitrogens with zero attached hydrogens (tertiary/aromatic N) is 5. The predicted molar refractivity (Wildman–Crippen MR) is 110 cm³/mol. The fourth-order valence-corrected chi connectivity index (χ4v) is 3.54. The van der Waals surface area contributed by atoms with E-state index in [9.17, 15) is 9.50 Å². The van der Waals surface area contributed by atoms with E-state index in [-0.39, 0.29) is 11.6 Å². The molecule has 7 nitrogen and oxygen atoms in total. The van der Waals surface area contributed by atoms with E-state index in [4.69, 9.17) is 9.84 Å². The average Bonchev–Trinajstić information content (AvgIpc) is 3.52. The van der Waals surface area contributed by atoms with E-state index in [1.165, 1.54) is 13.2 Å². The van der Waals surface area contributed by atoms with Gasteiger partial charge in [0.25, 0.3) is 0 Å². The van der Waals surface area contributed by atoms with E-state index in [0.717, 1.165) is 24.2 Å². The number of halogens is 1. The number of anilines is 1. The maximum absolute atomic E-state index is 14.3. The lowest BCUT2D eigenvalue weighted by Gasteiger charge is -2.24. The number of hydrogen-bond acceptors (Lipinski definition) is 6. The Morgan fingerprint density at radius 3 is 2.73 bits per heavy atom. The Balaban J connectivity index is 1.53. The number of ether oxygens (including phenoxy) is 1. The van der Waals surface area contributed by atoms with Crippen molar-refractivity contribution in [1.29, 1.82) is 0 Å². The normalized spacial score (nSPS) is 13.5. The molecule has 0 atom stereocenters. The van der Waals surface area contributed by atoms with Crippen LogP contribution in [0.5, 0.6) is 11.5 Å². The molecule has 0 aliphatic heterocycles. The van der Waals surface area contributed by atoms with Crippen molar-refractivity contribution in [1.82, 2.24) is 19.8 Å². The second-order valence-corrected chi connectivity index (χ2v) is 7.33.